The average Bonchev–Trinajstić information content (AvgIpc) is 2.77. The van der Waals surface area contributed by atoms with Gasteiger partial charge < -0.3 is 24.4 Å². The molecular formula is C25H28F4O5. The van der Waals surface area contributed by atoms with E-state index in [4.69, 9.17) is 20.6 Å². The highest BCUT2D eigenvalue weighted by molar-refractivity contribution is 5.44. The van der Waals surface area contributed by atoms with Crippen LogP contribution in [0.1, 0.15) is 38.3 Å². The first-order valence-electron chi connectivity index (χ1n) is 10.6. The minimum Gasteiger partial charge on any atom is -0.485 e. The van der Waals surface area contributed by atoms with Gasteiger partial charge in [0, 0.05) is 5.41 Å². The van der Waals surface area contributed by atoms with Gasteiger partial charge in [0.1, 0.15) is 25.9 Å². The number of aliphatic hydroxyl groups is 2. The summed E-state index contributed by atoms with van der Waals surface area (Å²) in [5.74, 6) is -3.24. The van der Waals surface area contributed by atoms with Gasteiger partial charge in [-0.2, -0.15) is 0 Å². The maximum absolute atomic E-state index is 14.7. The molecule has 0 amide bonds. The van der Waals surface area contributed by atoms with Gasteiger partial charge in [0.25, 0.3) is 0 Å². The lowest BCUT2D eigenvalue weighted by Crippen LogP contribution is -2.24. The first kappa shape index (κ1) is 27.4. The lowest BCUT2D eigenvalue weighted by molar-refractivity contribution is 0.0211. The molecule has 0 radical (unpaired) electrons. The highest BCUT2D eigenvalue weighted by Crippen LogP contribution is 2.37. The zero-order valence-corrected chi connectivity index (χ0v) is 19.2. The normalized spacial score (nSPS) is 13.3. The van der Waals surface area contributed by atoms with E-state index in [1.54, 1.807) is 20.8 Å². The first-order valence-corrected chi connectivity index (χ1v) is 10.6. The van der Waals surface area contributed by atoms with Crippen molar-refractivity contribution >= 4 is 0 Å². The smallest absolute Gasteiger partial charge is 0.190 e. The second-order valence-electron chi connectivity index (χ2n) is 8.22. The second kappa shape index (κ2) is 12.1. The molecule has 0 spiro atoms. The molecule has 186 valence electrons. The zero-order valence-electron chi connectivity index (χ0n) is 19.2. The molecule has 0 bridgehead atoms. The van der Waals surface area contributed by atoms with E-state index in [9.17, 15) is 27.8 Å². The van der Waals surface area contributed by atoms with Crippen molar-refractivity contribution in [2.24, 2.45) is 0 Å². The average molecular weight is 484 g/mol. The predicted octanol–water partition coefficient (Wildman–Crippen LogP) is 4.11. The van der Waals surface area contributed by atoms with E-state index in [-0.39, 0.29) is 30.9 Å². The van der Waals surface area contributed by atoms with E-state index in [0.717, 1.165) is 24.3 Å². The highest BCUT2D eigenvalue weighted by atomic mass is 19.1. The largest absolute Gasteiger partial charge is 0.485 e. The van der Waals surface area contributed by atoms with Crippen molar-refractivity contribution in [1.82, 2.24) is 0 Å². The summed E-state index contributed by atoms with van der Waals surface area (Å²) in [4.78, 5) is 0. The van der Waals surface area contributed by atoms with E-state index in [2.05, 4.69) is 5.92 Å². The Kier molecular flexibility index (Phi) is 9.74. The molecule has 34 heavy (non-hydrogen) atoms. The molecule has 0 aliphatic heterocycles. The Morgan fingerprint density at radius 2 is 1.24 bits per heavy atom. The summed E-state index contributed by atoms with van der Waals surface area (Å²) in [6, 6.07) is 4.03. The van der Waals surface area contributed by atoms with Crippen LogP contribution in [0, 0.1) is 35.6 Å². The van der Waals surface area contributed by atoms with E-state index < -0.39 is 59.0 Å². The van der Waals surface area contributed by atoms with Crippen molar-refractivity contribution in [3.05, 3.63) is 58.7 Å². The quantitative estimate of drug-likeness (QED) is 0.270. The molecule has 0 aliphatic carbocycles. The number of hydrogen-bond donors (Lipinski definition) is 2. The van der Waals surface area contributed by atoms with E-state index in [1.807, 2.05) is 0 Å². The Morgan fingerprint density at radius 3 is 1.62 bits per heavy atom. The molecule has 0 saturated heterocycles. The van der Waals surface area contributed by atoms with Gasteiger partial charge in [0.2, 0.25) is 0 Å². The summed E-state index contributed by atoms with van der Waals surface area (Å²) in [6.45, 7) is 3.86. The minimum atomic E-state index is -1.20. The fraction of sp³-hybridized carbons (Fsp3) is 0.440. The zero-order chi connectivity index (χ0) is 25.5. The Bertz CT molecular complexity index is 973. The molecule has 0 aliphatic rings. The number of benzene rings is 2. The topological polar surface area (TPSA) is 68.2 Å². The standard InChI is InChI=1S/C25H28F4O5/c1-5-7-32-12-18(31)14-34-24-21(28)10-16(11-22(24)29)25(3,4)15-8-19(26)23(20(27)9-15)33-13-17(30)6-2/h1,8-11,17-18,30-31H,6-7,12-14H2,2-4H3. The Balaban J connectivity index is 2.24. The van der Waals surface area contributed by atoms with Crippen LogP contribution in [0.5, 0.6) is 11.5 Å². The molecular weight excluding hydrogens is 456 g/mol. The Morgan fingerprint density at radius 1 is 0.824 bits per heavy atom. The van der Waals surface area contributed by atoms with Gasteiger partial charge >= 0.3 is 0 Å². The summed E-state index contributed by atoms with van der Waals surface area (Å²) in [5.41, 5.74) is -0.993. The molecule has 2 atom stereocenters. The van der Waals surface area contributed by atoms with Gasteiger partial charge in [0.05, 0.1) is 12.7 Å². The van der Waals surface area contributed by atoms with Crippen LogP contribution in [0.3, 0.4) is 0 Å². The van der Waals surface area contributed by atoms with Gasteiger partial charge in [-0.3, -0.25) is 0 Å². The van der Waals surface area contributed by atoms with Gasteiger partial charge in [-0.05, 0) is 41.8 Å². The molecule has 5 nitrogen and oxygen atoms in total. The molecule has 9 heteroatoms. The van der Waals surface area contributed by atoms with Crippen LogP contribution in [0.4, 0.5) is 17.6 Å². The number of ether oxygens (including phenoxy) is 3. The van der Waals surface area contributed by atoms with Crippen LogP contribution < -0.4 is 9.47 Å². The van der Waals surface area contributed by atoms with Crippen LogP contribution in [0.15, 0.2) is 24.3 Å². The third-order valence-electron chi connectivity index (χ3n) is 5.25. The van der Waals surface area contributed by atoms with Crippen LogP contribution in [0.2, 0.25) is 0 Å². The molecule has 0 saturated carbocycles. The third kappa shape index (κ3) is 6.86. The van der Waals surface area contributed by atoms with Crippen LogP contribution >= 0.6 is 0 Å². The molecule has 2 aromatic carbocycles. The number of hydrogen-bond acceptors (Lipinski definition) is 5. The van der Waals surface area contributed by atoms with Crippen molar-refractivity contribution in [2.75, 3.05) is 26.4 Å². The lowest BCUT2D eigenvalue weighted by Gasteiger charge is -2.27. The Labute approximate surface area is 196 Å². The van der Waals surface area contributed by atoms with Crippen molar-refractivity contribution in [3.8, 4) is 23.8 Å². The first-order chi connectivity index (χ1) is 16.0. The number of aliphatic hydroxyl groups excluding tert-OH is 2. The van der Waals surface area contributed by atoms with Crippen LogP contribution in [0.25, 0.3) is 0 Å². The number of terminal acetylenes is 1. The molecule has 0 aromatic heterocycles. The molecule has 2 aromatic rings. The summed E-state index contributed by atoms with van der Waals surface area (Å²) in [5, 5.41) is 19.3. The third-order valence-corrected chi connectivity index (χ3v) is 5.25. The van der Waals surface area contributed by atoms with E-state index in [0.29, 0.717) is 6.42 Å². The predicted molar refractivity (Wildman–Crippen MR) is 118 cm³/mol. The van der Waals surface area contributed by atoms with Crippen molar-refractivity contribution in [2.45, 2.75) is 44.8 Å². The molecule has 2 rings (SSSR count). The second-order valence-corrected chi connectivity index (χ2v) is 8.22. The van der Waals surface area contributed by atoms with Gasteiger partial charge in [0.15, 0.2) is 34.8 Å². The maximum Gasteiger partial charge on any atom is 0.190 e. The summed E-state index contributed by atoms with van der Waals surface area (Å²) in [6.07, 6.45) is 3.34. The maximum atomic E-state index is 14.7. The van der Waals surface area contributed by atoms with E-state index in [1.165, 1.54) is 0 Å². The number of rotatable bonds is 12. The molecule has 0 heterocycles. The minimum absolute atomic E-state index is 0.0292. The Hall–Kier alpha value is -2.80. The van der Waals surface area contributed by atoms with Crippen LogP contribution in [-0.4, -0.2) is 48.8 Å². The van der Waals surface area contributed by atoms with E-state index >= 15 is 0 Å². The summed E-state index contributed by atoms with van der Waals surface area (Å²) in [7, 11) is 0. The fourth-order valence-electron chi connectivity index (χ4n) is 3.06. The lowest BCUT2D eigenvalue weighted by atomic mass is 9.78. The van der Waals surface area contributed by atoms with Crippen molar-refractivity contribution < 1.29 is 42.0 Å². The highest BCUT2D eigenvalue weighted by Gasteiger charge is 2.29. The van der Waals surface area contributed by atoms with Crippen molar-refractivity contribution in [1.29, 1.82) is 0 Å². The number of halogens is 4. The van der Waals surface area contributed by atoms with Crippen molar-refractivity contribution in [3.63, 3.8) is 0 Å². The molecule has 2 unspecified atom stereocenters. The fourth-order valence-corrected chi connectivity index (χ4v) is 3.06. The monoisotopic (exact) mass is 484 g/mol. The SMILES string of the molecule is C#CCOCC(O)COc1c(F)cc(C(C)(C)c2cc(F)c(OCC(O)CC)c(F)c2)cc1F. The van der Waals surface area contributed by atoms with Crippen LogP contribution in [-0.2, 0) is 10.2 Å². The molecule has 0 fully saturated rings. The summed E-state index contributed by atoms with van der Waals surface area (Å²) >= 11 is 0. The van der Waals surface area contributed by atoms with Gasteiger partial charge in [-0.25, -0.2) is 17.6 Å². The molecule has 2 N–H and O–H groups in total. The van der Waals surface area contributed by atoms with Gasteiger partial charge in [-0.1, -0.05) is 26.7 Å². The van der Waals surface area contributed by atoms with Gasteiger partial charge in [-0.15, -0.1) is 6.42 Å². The summed E-state index contributed by atoms with van der Waals surface area (Å²) < 4.78 is 73.5.